The van der Waals surface area contributed by atoms with Gasteiger partial charge in [0.2, 0.25) is 0 Å². The molecule has 0 saturated carbocycles. The van der Waals surface area contributed by atoms with Gasteiger partial charge in [0.05, 0.1) is 0 Å². The average Bonchev–Trinajstić information content (AvgIpc) is 2.35. The molecule has 21 heavy (non-hydrogen) atoms. The Hall–Kier alpha value is -0.930. The number of rotatable bonds is 4. The molecule has 1 heterocycles. The van der Waals surface area contributed by atoms with Gasteiger partial charge in [-0.15, -0.1) is 0 Å². The van der Waals surface area contributed by atoms with Gasteiger partial charge in [-0.25, -0.2) is 4.39 Å². The molecule has 1 N–H and O–H groups in total. The number of aryl methyl sites for hydroxylation is 1. The van der Waals surface area contributed by atoms with Crippen LogP contribution in [0, 0.1) is 18.7 Å². The summed E-state index contributed by atoms with van der Waals surface area (Å²) in [5, 5.41) is 3.65. The highest BCUT2D eigenvalue weighted by molar-refractivity contribution is 5.26. The summed E-state index contributed by atoms with van der Waals surface area (Å²) in [6.45, 7) is 14.0. The first-order chi connectivity index (χ1) is 9.77. The average molecular weight is 292 g/mol. The van der Waals surface area contributed by atoms with Crippen molar-refractivity contribution >= 4 is 0 Å². The standard InChI is InChI=1S/C18H29FN2/c1-13(2)8-17-10-20-18(4,5)12-21(17)11-15-6-7-16(19)9-14(15)3/h6-7,9,13,17,20H,8,10-12H2,1-5H3. The first kappa shape index (κ1) is 16.4. The van der Waals surface area contributed by atoms with Crippen LogP contribution < -0.4 is 5.32 Å². The number of benzene rings is 1. The van der Waals surface area contributed by atoms with Crippen molar-refractivity contribution in [2.24, 2.45) is 5.92 Å². The third-order valence-electron chi connectivity index (χ3n) is 4.35. The Bertz CT molecular complexity index is 482. The molecule has 1 atom stereocenters. The van der Waals surface area contributed by atoms with Crippen molar-refractivity contribution in [3.8, 4) is 0 Å². The maximum Gasteiger partial charge on any atom is 0.123 e. The van der Waals surface area contributed by atoms with Crippen LogP contribution in [-0.2, 0) is 6.54 Å². The molecule has 1 saturated heterocycles. The largest absolute Gasteiger partial charge is 0.309 e. The molecule has 1 aromatic rings. The Morgan fingerprint density at radius 2 is 2.10 bits per heavy atom. The fourth-order valence-electron chi connectivity index (χ4n) is 3.23. The maximum atomic E-state index is 13.3. The van der Waals surface area contributed by atoms with Gasteiger partial charge in [-0.2, -0.15) is 0 Å². The fraction of sp³-hybridized carbons (Fsp3) is 0.667. The topological polar surface area (TPSA) is 15.3 Å². The summed E-state index contributed by atoms with van der Waals surface area (Å²) in [6.07, 6.45) is 1.20. The highest BCUT2D eigenvalue weighted by Crippen LogP contribution is 2.23. The van der Waals surface area contributed by atoms with Crippen LogP contribution in [0.1, 0.15) is 45.2 Å². The Labute approximate surface area is 128 Å². The smallest absolute Gasteiger partial charge is 0.123 e. The van der Waals surface area contributed by atoms with E-state index in [2.05, 4.69) is 37.9 Å². The summed E-state index contributed by atoms with van der Waals surface area (Å²) < 4.78 is 13.3. The normalized spacial score (nSPS) is 22.7. The van der Waals surface area contributed by atoms with E-state index in [1.807, 2.05) is 13.0 Å². The van der Waals surface area contributed by atoms with Gasteiger partial charge in [-0.1, -0.05) is 19.9 Å². The van der Waals surface area contributed by atoms with Gasteiger partial charge in [-0.05, 0) is 56.4 Å². The zero-order valence-corrected chi connectivity index (χ0v) is 14.0. The van der Waals surface area contributed by atoms with E-state index in [4.69, 9.17) is 0 Å². The molecule has 1 unspecified atom stereocenters. The van der Waals surface area contributed by atoms with Crippen LogP contribution in [0.15, 0.2) is 18.2 Å². The second-order valence-electron chi connectivity index (χ2n) is 7.52. The lowest BCUT2D eigenvalue weighted by atomic mass is 9.93. The van der Waals surface area contributed by atoms with E-state index in [9.17, 15) is 4.39 Å². The maximum absolute atomic E-state index is 13.3. The molecule has 1 aromatic carbocycles. The van der Waals surface area contributed by atoms with Crippen LogP contribution in [0.2, 0.25) is 0 Å². The highest BCUT2D eigenvalue weighted by Gasteiger charge is 2.32. The quantitative estimate of drug-likeness (QED) is 0.909. The number of hydrogen-bond donors (Lipinski definition) is 1. The summed E-state index contributed by atoms with van der Waals surface area (Å²) in [7, 11) is 0. The van der Waals surface area contributed by atoms with Gasteiger partial charge in [0, 0.05) is 31.2 Å². The first-order valence-corrected chi connectivity index (χ1v) is 8.01. The van der Waals surface area contributed by atoms with Gasteiger partial charge in [0.25, 0.3) is 0 Å². The Morgan fingerprint density at radius 1 is 1.38 bits per heavy atom. The summed E-state index contributed by atoms with van der Waals surface area (Å²) in [4.78, 5) is 2.57. The summed E-state index contributed by atoms with van der Waals surface area (Å²) in [5.74, 6) is 0.547. The summed E-state index contributed by atoms with van der Waals surface area (Å²) >= 11 is 0. The van der Waals surface area contributed by atoms with E-state index in [1.165, 1.54) is 12.0 Å². The van der Waals surface area contributed by atoms with Gasteiger partial charge in [0.1, 0.15) is 5.82 Å². The van der Waals surface area contributed by atoms with Crippen molar-refractivity contribution in [1.82, 2.24) is 10.2 Å². The molecule has 2 nitrogen and oxygen atoms in total. The Morgan fingerprint density at radius 3 is 2.71 bits per heavy atom. The number of piperazine rings is 1. The third-order valence-corrected chi connectivity index (χ3v) is 4.35. The molecule has 1 aliphatic rings. The summed E-state index contributed by atoms with van der Waals surface area (Å²) in [6, 6.07) is 5.71. The molecular weight excluding hydrogens is 263 g/mol. The predicted octanol–water partition coefficient (Wildman–Crippen LogP) is 3.73. The minimum absolute atomic E-state index is 0.140. The summed E-state index contributed by atoms with van der Waals surface area (Å²) in [5.41, 5.74) is 2.43. The van der Waals surface area contributed by atoms with Crippen LogP contribution in [0.5, 0.6) is 0 Å². The lowest BCUT2D eigenvalue weighted by molar-refractivity contribution is 0.0758. The van der Waals surface area contributed by atoms with Gasteiger partial charge in [-0.3, -0.25) is 4.90 Å². The lowest BCUT2D eigenvalue weighted by Crippen LogP contribution is -2.61. The molecule has 0 radical (unpaired) electrons. The van der Waals surface area contributed by atoms with Gasteiger partial charge < -0.3 is 5.32 Å². The van der Waals surface area contributed by atoms with Crippen LogP contribution in [0.25, 0.3) is 0 Å². The fourth-order valence-corrected chi connectivity index (χ4v) is 3.23. The highest BCUT2D eigenvalue weighted by atomic mass is 19.1. The van der Waals surface area contributed by atoms with E-state index < -0.39 is 0 Å². The molecule has 118 valence electrons. The molecule has 0 amide bonds. The van der Waals surface area contributed by atoms with Crippen molar-refractivity contribution in [2.45, 2.75) is 59.2 Å². The molecule has 0 spiro atoms. The number of nitrogens with one attached hydrogen (secondary N) is 1. The SMILES string of the molecule is Cc1cc(F)ccc1CN1CC(C)(C)NCC1CC(C)C. The number of halogens is 1. The molecule has 1 aliphatic heterocycles. The van der Waals surface area contributed by atoms with Crippen LogP contribution >= 0.6 is 0 Å². The number of nitrogens with zero attached hydrogens (tertiary/aromatic N) is 1. The van der Waals surface area contributed by atoms with Crippen molar-refractivity contribution in [2.75, 3.05) is 13.1 Å². The van der Waals surface area contributed by atoms with Crippen LogP contribution in [0.4, 0.5) is 4.39 Å². The Kier molecular flexibility index (Phi) is 5.05. The second kappa shape index (κ2) is 6.45. The van der Waals surface area contributed by atoms with Gasteiger partial charge >= 0.3 is 0 Å². The minimum Gasteiger partial charge on any atom is -0.309 e. The van der Waals surface area contributed by atoms with E-state index in [0.717, 1.165) is 25.2 Å². The molecule has 0 aromatic heterocycles. The van der Waals surface area contributed by atoms with Crippen LogP contribution in [0.3, 0.4) is 0 Å². The lowest BCUT2D eigenvalue weighted by Gasteiger charge is -2.45. The van der Waals surface area contributed by atoms with Crippen molar-refractivity contribution in [1.29, 1.82) is 0 Å². The molecule has 2 rings (SSSR count). The first-order valence-electron chi connectivity index (χ1n) is 8.01. The van der Waals surface area contributed by atoms with Crippen molar-refractivity contribution in [3.05, 3.63) is 35.1 Å². The Balaban J connectivity index is 2.15. The van der Waals surface area contributed by atoms with Crippen LogP contribution in [-0.4, -0.2) is 29.6 Å². The molecule has 0 aliphatic carbocycles. The van der Waals surface area contributed by atoms with E-state index in [1.54, 1.807) is 12.1 Å². The zero-order valence-electron chi connectivity index (χ0n) is 14.0. The predicted molar refractivity (Wildman–Crippen MR) is 86.9 cm³/mol. The minimum atomic E-state index is -0.143. The molecular formula is C18H29FN2. The molecule has 1 fully saturated rings. The van der Waals surface area contributed by atoms with Crippen molar-refractivity contribution < 1.29 is 4.39 Å². The zero-order chi connectivity index (χ0) is 15.6. The van der Waals surface area contributed by atoms with Gasteiger partial charge in [0.15, 0.2) is 0 Å². The monoisotopic (exact) mass is 292 g/mol. The number of hydrogen-bond acceptors (Lipinski definition) is 2. The second-order valence-corrected chi connectivity index (χ2v) is 7.52. The third kappa shape index (κ3) is 4.52. The van der Waals surface area contributed by atoms with E-state index in [0.29, 0.717) is 12.0 Å². The van der Waals surface area contributed by atoms with E-state index >= 15 is 0 Å². The van der Waals surface area contributed by atoms with Crippen molar-refractivity contribution in [3.63, 3.8) is 0 Å². The molecule has 3 heteroatoms. The van der Waals surface area contributed by atoms with E-state index in [-0.39, 0.29) is 11.4 Å². The molecule has 0 bridgehead atoms.